The molecule has 0 unspecified atom stereocenters. The molecule has 1 amide bonds. The van der Waals surface area contributed by atoms with Gasteiger partial charge in [-0.05, 0) is 24.6 Å². The van der Waals surface area contributed by atoms with E-state index in [1.807, 2.05) is 0 Å². The number of alkyl halides is 2. The number of hydrogen-bond acceptors (Lipinski definition) is 3. The Kier molecular flexibility index (Phi) is 2.53. The maximum Gasteiger partial charge on any atom is 0.586 e. The Morgan fingerprint density at radius 3 is 2.71 bits per heavy atom. The van der Waals surface area contributed by atoms with E-state index in [4.69, 9.17) is 5.11 Å². The number of fused-ring (bicyclic) bond motifs is 1. The second kappa shape index (κ2) is 3.76. The highest BCUT2D eigenvalue weighted by molar-refractivity contribution is 5.65. The Bertz CT molecular complexity index is 464. The van der Waals surface area contributed by atoms with E-state index in [2.05, 4.69) is 14.8 Å². The molecule has 0 saturated carbocycles. The predicted molar refractivity (Wildman–Crippen MR) is 52.2 cm³/mol. The minimum Gasteiger partial charge on any atom is -0.465 e. The van der Waals surface area contributed by atoms with Crippen LogP contribution in [0.15, 0.2) is 18.2 Å². The lowest BCUT2D eigenvalue weighted by Gasteiger charge is -2.11. The average molecular weight is 245 g/mol. The van der Waals surface area contributed by atoms with E-state index in [1.165, 1.54) is 18.2 Å². The van der Waals surface area contributed by atoms with Crippen LogP contribution in [0.1, 0.15) is 18.5 Å². The summed E-state index contributed by atoms with van der Waals surface area (Å²) in [5.41, 5.74) is 0.507. The topological polar surface area (TPSA) is 67.8 Å². The third kappa shape index (κ3) is 2.38. The Hall–Kier alpha value is -2.05. The van der Waals surface area contributed by atoms with Crippen LogP contribution in [0.5, 0.6) is 11.5 Å². The van der Waals surface area contributed by atoms with Crippen LogP contribution in [-0.2, 0) is 0 Å². The maximum atomic E-state index is 12.7. The fourth-order valence-corrected chi connectivity index (χ4v) is 1.50. The molecular weight excluding hydrogens is 236 g/mol. The zero-order chi connectivity index (χ0) is 12.6. The Balaban J connectivity index is 2.21. The first-order valence-electron chi connectivity index (χ1n) is 4.76. The molecule has 1 heterocycles. The van der Waals surface area contributed by atoms with Gasteiger partial charge in [0, 0.05) is 0 Å². The summed E-state index contributed by atoms with van der Waals surface area (Å²) < 4.78 is 33.9. The van der Waals surface area contributed by atoms with E-state index in [9.17, 15) is 13.6 Å². The molecule has 1 aliphatic heterocycles. The summed E-state index contributed by atoms with van der Waals surface area (Å²) in [6.07, 6.45) is -4.86. The van der Waals surface area contributed by atoms with Gasteiger partial charge in [-0.1, -0.05) is 6.07 Å². The van der Waals surface area contributed by atoms with Crippen LogP contribution < -0.4 is 14.8 Å². The summed E-state index contributed by atoms with van der Waals surface area (Å²) >= 11 is 0. The highest BCUT2D eigenvalue weighted by atomic mass is 19.3. The lowest BCUT2D eigenvalue weighted by atomic mass is 10.1. The van der Waals surface area contributed by atoms with Crippen LogP contribution in [0.4, 0.5) is 13.6 Å². The summed E-state index contributed by atoms with van der Waals surface area (Å²) in [7, 11) is 0. The van der Waals surface area contributed by atoms with Crippen molar-refractivity contribution in [2.45, 2.75) is 19.3 Å². The Morgan fingerprint density at radius 2 is 2.06 bits per heavy atom. The Morgan fingerprint density at radius 1 is 1.41 bits per heavy atom. The molecule has 0 fully saturated rings. The van der Waals surface area contributed by atoms with Gasteiger partial charge < -0.3 is 19.9 Å². The number of amides is 1. The van der Waals surface area contributed by atoms with Gasteiger partial charge in [0.2, 0.25) is 0 Å². The molecule has 1 aromatic rings. The maximum absolute atomic E-state index is 12.7. The molecule has 17 heavy (non-hydrogen) atoms. The molecule has 1 aromatic carbocycles. The molecule has 0 aromatic heterocycles. The van der Waals surface area contributed by atoms with Gasteiger partial charge in [0.05, 0.1) is 6.04 Å². The first-order chi connectivity index (χ1) is 7.87. The number of hydrogen-bond donors (Lipinski definition) is 2. The number of nitrogens with one attached hydrogen (secondary N) is 1. The third-order valence-corrected chi connectivity index (χ3v) is 2.27. The molecule has 0 saturated heterocycles. The number of benzene rings is 1. The van der Waals surface area contributed by atoms with Crippen LogP contribution in [0, 0.1) is 0 Å². The van der Waals surface area contributed by atoms with E-state index in [-0.39, 0.29) is 11.5 Å². The quantitative estimate of drug-likeness (QED) is 0.839. The minimum atomic E-state index is -3.66. The SMILES string of the molecule is C[C@@H](NC(=O)O)c1ccc2c(c1)OC(F)(F)O2. The van der Waals surface area contributed by atoms with Crippen molar-refractivity contribution in [1.29, 1.82) is 0 Å². The predicted octanol–water partition coefficient (Wildman–Crippen LogP) is 2.34. The van der Waals surface area contributed by atoms with Crippen molar-refractivity contribution in [2.75, 3.05) is 0 Å². The highest BCUT2D eigenvalue weighted by Gasteiger charge is 2.43. The van der Waals surface area contributed by atoms with Gasteiger partial charge in [-0.15, -0.1) is 8.78 Å². The number of ether oxygens (including phenoxy) is 2. The number of rotatable bonds is 2. The highest BCUT2D eigenvalue weighted by Crippen LogP contribution is 2.41. The zero-order valence-corrected chi connectivity index (χ0v) is 8.74. The molecule has 2 N–H and O–H groups in total. The van der Waals surface area contributed by atoms with Crippen molar-refractivity contribution in [3.63, 3.8) is 0 Å². The van der Waals surface area contributed by atoms with Crippen molar-refractivity contribution >= 4 is 6.09 Å². The van der Waals surface area contributed by atoms with E-state index >= 15 is 0 Å². The molecule has 0 spiro atoms. The summed E-state index contributed by atoms with van der Waals surface area (Å²) in [4.78, 5) is 10.4. The van der Waals surface area contributed by atoms with Crippen molar-refractivity contribution in [3.8, 4) is 11.5 Å². The molecular formula is C10H9F2NO4. The minimum absolute atomic E-state index is 0.0683. The van der Waals surface area contributed by atoms with Gasteiger partial charge in [0.1, 0.15) is 0 Å². The molecule has 5 nitrogen and oxygen atoms in total. The second-order valence-corrected chi connectivity index (χ2v) is 3.54. The summed E-state index contributed by atoms with van der Waals surface area (Å²) in [5.74, 6) is -0.173. The van der Waals surface area contributed by atoms with Gasteiger partial charge in [-0.2, -0.15) is 0 Å². The second-order valence-electron chi connectivity index (χ2n) is 3.54. The number of halogens is 2. The fourth-order valence-electron chi connectivity index (χ4n) is 1.50. The lowest BCUT2D eigenvalue weighted by molar-refractivity contribution is -0.286. The molecule has 1 atom stereocenters. The third-order valence-electron chi connectivity index (χ3n) is 2.27. The van der Waals surface area contributed by atoms with Gasteiger partial charge in [0.15, 0.2) is 11.5 Å². The van der Waals surface area contributed by atoms with Crippen molar-refractivity contribution in [3.05, 3.63) is 23.8 Å². The van der Waals surface area contributed by atoms with Gasteiger partial charge in [-0.3, -0.25) is 0 Å². The van der Waals surface area contributed by atoms with E-state index in [1.54, 1.807) is 6.92 Å². The summed E-state index contributed by atoms with van der Waals surface area (Å²) in [5, 5.41) is 10.7. The smallest absolute Gasteiger partial charge is 0.465 e. The fraction of sp³-hybridized carbons (Fsp3) is 0.300. The van der Waals surface area contributed by atoms with Crippen LogP contribution >= 0.6 is 0 Å². The Labute approximate surface area is 94.9 Å². The van der Waals surface area contributed by atoms with Crippen LogP contribution in [-0.4, -0.2) is 17.5 Å². The first-order valence-corrected chi connectivity index (χ1v) is 4.76. The summed E-state index contributed by atoms with van der Waals surface area (Å²) in [6, 6.07) is 3.59. The van der Waals surface area contributed by atoms with Gasteiger partial charge in [-0.25, -0.2) is 4.79 Å². The van der Waals surface area contributed by atoms with Crippen LogP contribution in [0.25, 0.3) is 0 Å². The molecule has 7 heteroatoms. The molecule has 0 aliphatic carbocycles. The number of carbonyl (C=O) groups is 1. The molecule has 92 valence electrons. The normalized spacial score (nSPS) is 17.6. The molecule has 2 rings (SSSR count). The van der Waals surface area contributed by atoms with Gasteiger partial charge in [0.25, 0.3) is 0 Å². The molecule has 1 aliphatic rings. The first kappa shape index (κ1) is 11.4. The monoisotopic (exact) mass is 245 g/mol. The van der Waals surface area contributed by atoms with Crippen molar-refractivity contribution in [2.24, 2.45) is 0 Å². The van der Waals surface area contributed by atoms with Crippen molar-refractivity contribution < 1.29 is 28.2 Å². The van der Waals surface area contributed by atoms with E-state index in [0.29, 0.717) is 5.56 Å². The molecule has 0 radical (unpaired) electrons. The summed E-state index contributed by atoms with van der Waals surface area (Å²) in [6.45, 7) is 1.59. The largest absolute Gasteiger partial charge is 0.586 e. The van der Waals surface area contributed by atoms with Crippen LogP contribution in [0.2, 0.25) is 0 Å². The molecule has 0 bridgehead atoms. The van der Waals surface area contributed by atoms with E-state index in [0.717, 1.165) is 0 Å². The standard InChI is InChI=1S/C10H9F2NO4/c1-5(13-9(14)15)6-2-3-7-8(4-6)17-10(11,12)16-7/h2-5,13H,1H3,(H,14,15)/t5-/m1/s1. The van der Waals surface area contributed by atoms with E-state index < -0.39 is 18.4 Å². The lowest BCUT2D eigenvalue weighted by Crippen LogP contribution is -2.26. The van der Waals surface area contributed by atoms with Crippen LogP contribution in [0.3, 0.4) is 0 Å². The van der Waals surface area contributed by atoms with Crippen molar-refractivity contribution in [1.82, 2.24) is 5.32 Å². The zero-order valence-electron chi connectivity index (χ0n) is 8.74. The van der Waals surface area contributed by atoms with Gasteiger partial charge >= 0.3 is 12.4 Å². The average Bonchev–Trinajstić information content (AvgIpc) is 2.48. The number of carboxylic acid groups (broad SMARTS) is 1.